The van der Waals surface area contributed by atoms with Crippen molar-refractivity contribution in [2.24, 2.45) is 11.3 Å². The van der Waals surface area contributed by atoms with Crippen molar-refractivity contribution in [1.82, 2.24) is 9.88 Å². The van der Waals surface area contributed by atoms with Crippen LogP contribution in [0.5, 0.6) is 0 Å². The van der Waals surface area contributed by atoms with Gasteiger partial charge in [0.1, 0.15) is 5.41 Å². The minimum atomic E-state index is -0.732. The summed E-state index contributed by atoms with van der Waals surface area (Å²) in [6.07, 6.45) is 4.51. The molecule has 1 aromatic carbocycles. The highest BCUT2D eigenvalue weighted by molar-refractivity contribution is 5.84. The number of ether oxygens (including phenoxy) is 1. The topological polar surface area (TPSA) is 62.7 Å². The summed E-state index contributed by atoms with van der Waals surface area (Å²) in [7, 11) is 0. The van der Waals surface area contributed by atoms with E-state index in [0.29, 0.717) is 19.8 Å². The summed E-state index contributed by atoms with van der Waals surface area (Å²) in [5.41, 5.74) is 0.495. The fourth-order valence-electron chi connectivity index (χ4n) is 4.08. The Bertz CT molecular complexity index is 743. The maximum atomic E-state index is 11.9. The van der Waals surface area contributed by atoms with Gasteiger partial charge in [0.25, 0.3) is 0 Å². The minimum absolute atomic E-state index is 0.186. The summed E-state index contributed by atoms with van der Waals surface area (Å²) in [5.74, 6) is -0.530. The SMILES string of the molecule is O=C(O)[C@]12COCC[C@H]1CN(Cc1cccc3cnccc13)C2. The number of carboxylic acid groups (broad SMARTS) is 1. The van der Waals surface area contributed by atoms with Gasteiger partial charge in [-0.25, -0.2) is 0 Å². The number of aromatic nitrogens is 1. The van der Waals surface area contributed by atoms with Gasteiger partial charge in [-0.2, -0.15) is 0 Å². The lowest BCUT2D eigenvalue weighted by atomic mass is 9.76. The van der Waals surface area contributed by atoms with Gasteiger partial charge >= 0.3 is 5.97 Å². The standard InChI is InChI=1S/C18H20N2O3/c21-17(22)18-11-20(10-15(18)5-7-23-12-18)9-14-3-1-2-13-8-19-6-4-16(13)14/h1-4,6,8,15H,5,7,9-12H2,(H,21,22)/t15-,18+/m0/s1. The number of pyridine rings is 1. The molecule has 0 bridgehead atoms. The molecule has 2 aromatic rings. The van der Waals surface area contributed by atoms with Gasteiger partial charge in [-0.3, -0.25) is 14.7 Å². The summed E-state index contributed by atoms with van der Waals surface area (Å²) < 4.78 is 5.50. The molecule has 2 aliphatic heterocycles. The van der Waals surface area contributed by atoms with Crippen LogP contribution in [-0.4, -0.2) is 47.3 Å². The third-order valence-corrected chi connectivity index (χ3v) is 5.33. The van der Waals surface area contributed by atoms with Crippen LogP contribution in [0.15, 0.2) is 36.7 Å². The molecule has 0 spiro atoms. The molecule has 2 fully saturated rings. The van der Waals surface area contributed by atoms with Crippen LogP contribution in [0, 0.1) is 11.3 Å². The molecule has 0 saturated carbocycles. The first-order valence-electron chi connectivity index (χ1n) is 8.04. The lowest BCUT2D eigenvalue weighted by molar-refractivity contribution is -0.159. The molecule has 1 aromatic heterocycles. The average molecular weight is 312 g/mol. The molecule has 5 nitrogen and oxygen atoms in total. The molecule has 4 rings (SSSR count). The summed E-state index contributed by atoms with van der Waals surface area (Å²) in [6.45, 7) is 3.18. The number of nitrogens with zero attached hydrogens (tertiary/aromatic N) is 2. The van der Waals surface area contributed by atoms with E-state index in [4.69, 9.17) is 4.74 Å². The zero-order valence-corrected chi connectivity index (χ0v) is 12.9. The van der Waals surface area contributed by atoms with Gasteiger partial charge in [0, 0.05) is 44.0 Å². The minimum Gasteiger partial charge on any atom is -0.481 e. The van der Waals surface area contributed by atoms with E-state index in [-0.39, 0.29) is 5.92 Å². The zero-order chi connectivity index (χ0) is 15.9. The van der Waals surface area contributed by atoms with Gasteiger partial charge in [0.05, 0.1) is 6.61 Å². The van der Waals surface area contributed by atoms with E-state index in [1.54, 1.807) is 0 Å². The Morgan fingerprint density at radius 2 is 2.35 bits per heavy atom. The molecular weight excluding hydrogens is 292 g/mol. The third-order valence-electron chi connectivity index (χ3n) is 5.33. The number of benzene rings is 1. The number of hydrogen-bond donors (Lipinski definition) is 1. The van der Waals surface area contributed by atoms with E-state index in [1.807, 2.05) is 24.5 Å². The largest absolute Gasteiger partial charge is 0.481 e. The first-order valence-corrected chi connectivity index (χ1v) is 8.04. The molecule has 0 radical (unpaired) electrons. The Hall–Kier alpha value is -1.98. The average Bonchev–Trinajstić information content (AvgIpc) is 2.94. The maximum absolute atomic E-state index is 11.9. The summed E-state index contributed by atoms with van der Waals surface area (Å²) in [6, 6.07) is 8.25. The van der Waals surface area contributed by atoms with Crippen molar-refractivity contribution in [2.75, 3.05) is 26.3 Å². The van der Waals surface area contributed by atoms with E-state index in [2.05, 4.69) is 22.0 Å². The molecule has 2 atom stereocenters. The van der Waals surface area contributed by atoms with Crippen molar-refractivity contribution in [2.45, 2.75) is 13.0 Å². The third kappa shape index (κ3) is 2.40. The van der Waals surface area contributed by atoms with Crippen LogP contribution in [0.4, 0.5) is 0 Å². The van der Waals surface area contributed by atoms with Gasteiger partial charge in [-0.1, -0.05) is 18.2 Å². The number of hydrogen-bond acceptors (Lipinski definition) is 4. The van der Waals surface area contributed by atoms with Crippen LogP contribution in [0.3, 0.4) is 0 Å². The van der Waals surface area contributed by atoms with E-state index in [1.165, 1.54) is 10.9 Å². The molecule has 5 heteroatoms. The summed E-state index contributed by atoms with van der Waals surface area (Å²) in [4.78, 5) is 18.3. The Kier molecular flexibility index (Phi) is 3.54. The van der Waals surface area contributed by atoms with E-state index >= 15 is 0 Å². The van der Waals surface area contributed by atoms with Gasteiger partial charge < -0.3 is 9.84 Å². The van der Waals surface area contributed by atoms with Gasteiger partial charge in [0.15, 0.2) is 0 Å². The van der Waals surface area contributed by atoms with Gasteiger partial charge in [0.2, 0.25) is 0 Å². The zero-order valence-electron chi connectivity index (χ0n) is 12.9. The van der Waals surface area contributed by atoms with Crippen molar-refractivity contribution in [3.05, 3.63) is 42.2 Å². The number of carbonyl (C=O) groups is 1. The fraction of sp³-hybridized carbons (Fsp3) is 0.444. The van der Waals surface area contributed by atoms with Crippen molar-refractivity contribution >= 4 is 16.7 Å². The van der Waals surface area contributed by atoms with Crippen molar-refractivity contribution in [3.8, 4) is 0 Å². The van der Waals surface area contributed by atoms with Crippen LogP contribution in [-0.2, 0) is 16.1 Å². The van der Waals surface area contributed by atoms with Gasteiger partial charge in [-0.05, 0) is 29.4 Å². The molecule has 1 N–H and O–H groups in total. The number of fused-ring (bicyclic) bond motifs is 2. The lowest BCUT2D eigenvalue weighted by Gasteiger charge is -2.34. The fourth-order valence-corrected chi connectivity index (χ4v) is 4.08. The molecule has 2 aliphatic rings. The molecule has 0 amide bonds. The normalized spacial score (nSPS) is 27.9. The van der Waals surface area contributed by atoms with Crippen LogP contribution in [0.25, 0.3) is 10.8 Å². The van der Waals surface area contributed by atoms with Crippen LogP contribution < -0.4 is 0 Å². The Morgan fingerprint density at radius 1 is 1.43 bits per heavy atom. The summed E-state index contributed by atoms with van der Waals surface area (Å²) >= 11 is 0. The first-order chi connectivity index (χ1) is 11.2. The van der Waals surface area contributed by atoms with Crippen molar-refractivity contribution in [3.63, 3.8) is 0 Å². The van der Waals surface area contributed by atoms with Gasteiger partial charge in [-0.15, -0.1) is 0 Å². The second-order valence-electron chi connectivity index (χ2n) is 6.68. The molecule has 3 heterocycles. The van der Waals surface area contributed by atoms with E-state index in [0.717, 1.165) is 24.9 Å². The van der Waals surface area contributed by atoms with E-state index in [9.17, 15) is 9.90 Å². The second kappa shape index (κ2) is 5.58. The molecule has 120 valence electrons. The lowest BCUT2D eigenvalue weighted by Crippen LogP contribution is -2.46. The summed E-state index contributed by atoms with van der Waals surface area (Å²) in [5, 5.41) is 12.1. The van der Waals surface area contributed by atoms with E-state index < -0.39 is 11.4 Å². The number of carboxylic acids is 1. The van der Waals surface area contributed by atoms with Crippen LogP contribution >= 0.6 is 0 Å². The molecule has 2 saturated heterocycles. The highest BCUT2D eigenvalue weighted by Crippen LogP contribution is 2.42. The monoisotopic (exact) mass is 312 g/mol. The maximum Gasteiger partial charge on any atom is 0.313 e. The molecular formula is C18H20N2O3. The number of likely N-dealkylation sites (tertiary alicyclic amines) is 1. The predicted octanol–water partition coefficient (Wildman–Crippen LogP) is 2.16. The number of aliphatic carboxylic acids is 1. The molecule has 0 aliphatic carbocycles. The molecule has 23 heavy (non-hydrogen) atoms. The smallest absolute Gasteiger partial charge is 0.313 e. The van der Waals surface area contributed by atoms with Crippen molar-refractivity contribution < 1.29 is 14.6 Å². The molecule has 0 unspecified atom stereocenters. The van der Waals surface area contributed by atoms with Crippen LogP contribution in [0.2, 0.25) is 0 Å². The Balaban J connectivity index is 1.61. The quantitative estimate of drug-likeness (QED) is 0.941. The number of rotatable bonds is 3. The predicted molar refractivity (Wildman–Crippen MR) is 86.0 cm³/mol. The van der Waals surface area contributed by atoms with Crippen molar-refractivity contribution in [1.29, 1.82) is 0 Å². The Morgan fingerprint density at radius 3 is 3.17 bits per heavy atom. The first kappa shape index (κ1) is 14.6. The highest BCUT2D eigenvalue weighted by atomic mass is 16.5. The Labute approximate surface area is 134 Å². The van der Waals surface area contributed by atoms with Crippen LogP contribution in [0.1, 0.15) is 12.0 Å². The second-order valence-corrected chi connectivity index (χ2v) is 6.68. The highest BCUT2D eigenvalue weighted by Gasteiger charge is 2.53.